The molecule has 3 aromatic carbocycles. The van der Waals surface area contributed by atoms with Gasteiger partial charge in [-0.05, 0) is 42.7 Å². The van der Waals surface area contributed by atoms with Gasteiger partial charge in [0.1, 0.15) is 12.1 Å². The Kier molecular flexibility index (Phi) is 6.14. The zero-order valence-electron chi connectivity index (χ0n) is 19.6. The number of carbonyl (C=O) groups excluding carboxylic acids is 1. The third kappa shape index (κ3) is 4.45. The number of rotatable bonds is 6. The average Bonchev–Trinajstić information content (AvgIpc) is 3.17. The Balaban J connectivity index is 1.52. The molecule has 35 heavy (non-hydrogen) atoms. The predicted molar refractivity (Wildman–Crippen MR) is 140 cm³/mol. The van der Waals surface area contributed by atoms with Crippen LogP contribution in [0.15, 0.2) is 77.7 Å². The Morgan fingerprint density at radius 2 is 1.74 bits per heavy atom. The van der Waals surface area contributed by atoms with Crippen molar-refractivity contribution >= 4 is 39.3 Å². The van der Waals surface area contributed by atoms with E-state index in [9.17, 15) is 9.59 Å². The molecule has 1 N–H and O–H groups in total. The zero-order valence-corrected chi connectivity index (χ0v) is 20.3. The molecule has 0 spiro atoms. The van der Waals surface area contributed by atoms with E-state index in [1.54, 1.807) is 12.3 Å². The molecule has 7 heteroatoms. The van der Waals surface area contributed by atoms with Crippen LogP contribution < -0.4 is 10.9 Å². The largest absolute Gasteiger partial charge is 0.350 e. The number of fused-ring (bicyclic) bond motifs is 3. The van der Waals surface area contributed by atoms with E-state index in [1.165, 1.54) is 10.2 Å². The summed E-state index contributed by atoms with van der Waals surface area (Å²) in [6, 6.07) is 21.6. The molecule has 0 aliphatic carbocycles. The van der Waals surface area contributed by atoms with Gasteiger partial charge in [0.2, 0.25) is 5.91 Å². The van der Waals surface area contributed by atoms with Crippen LogP contribution in [0.4, 0.5) is 0 Å². The molecule has 0 saturated carbocycles. The van der Waals surface area contributed by atoms with Crippen LogP contribution in [-0.4, -0.2) is 20.3 Å². The Morgan fingerprint density at radius 3 is 2.57 bits per heavy atom. The van der Waals surface area contributed by atoms with Crippen LogP contribution >= 0.6 is 11.6 Å². The smallest absolute Gasteiger partial charge is 0.291 e. The molecular formula is C28H25ClN4O2. The van der Waals surface area contributed by atoms with Crippen molar-refractivity contribution in [1.82, 2.24) is 19.7 Å². The van der Waals surface area contributed by atoms with Crippen molar-refractivity contribution in [2.75, 3.05) is 0 Å². The Morgan fingerprint density at radius 1 is 0.971 bits per heavy atom. The number of nitrogens with zero attached hydrogens (tertiary/aromatic N) is 3. The molecule has 0 atom stereocenters. The van der Waals surface area contributed by atoms with Gasteiger partial charge in [-0.2, -0.15) is 5.10 Å². The molecule has 176 valence electrons. The lowest BCUT2D eigenvalue weighted by Crippen LogP contribution is -2.34. The van der Waals surface area contributed by atoms with Crippen molar-refractivity contribution in [3.05, 3.63) is 111 Å². The number of aromatic nitrogens is 3. The van der Waals surface area contributed by atoms with Crippen LogP contribution in [-0.2, 0) is 24.4 Å². The van der Waals surface area contributed by atoms with E-state index in [-0.39, 0.29) is 24.6 Å². The lowest BCUT2D eigenvalue weighted by atomic mass is 10.1. The van der Waals surface area contributed by atoms with Crippen molar-refractivity contribution < 1.29 is 4.79 Å². The van der Waals surface area contributed by atoms with Crippen molar-refractivity contribution in [1.29, 1.82) is 0 Å². The van der Waals surface area contributed by atoms with Crippen LogP contribution in [0.2, 0.25) is 5.02 Å². The highest BCUT2D eigenvalue weighted by Crippen LogP contribution is 2.28. The average molecular weight is 485 g/mol. The number of benzene rings is 3. The van der Waals surface area contributed by atoms with E-state index in [0.29, 0.717) is 17.1 Å². The molecule has 0 radical (unpaired) electrons. The number of amides is 1. The van der Waals surface area contributed by atoms with Gasteiger partial charge in [-0.25, -0.2) is 4.68 Å². The number of nitrogens with one attached hydrogen (secondary N) is 1. The van der Waals surface area contributed by atoms with E-state index in [4.69, 9.17) is 11.6 Å². The normalized spacial score (nSPS) is 11.3. The molecule has 5 aromatic rings. The summed E-state index contributed by atoms with van der Waals surface area (Å²) in [6.07, 6.45) is 1.68. The minimum atomic E-state index is -0.309. The van der Waals surface area contributed by atoms with Gasteiger partial charge in [0, 0.05) is 34.4 Å². The number of hydrogen-bond donors (Lipinski definition) is 1. The maximum absolute atomic E-state index is 13.6. The van der Waals surface area contributed by atoms with Gasteiger partial charge in [0.05, 0.1) is 6.20 Å². The second-order valence-corrected chi connectivity index (χ2v) is 9.18. The summed E-state index contributed by atoms with van der Waals surface area (Å²) >= 11 is 6.18. The molecule has 6 nitrogen and oxygen atoms in total. The minimum absolute atomic E-state index is 0.176. The van der Waals surface area contributed by atoms with E-state index >= 15 is 0 Å². The first-order valence-electron chi connectivity index (χ1n) is 11.5. The van der Waals surface area contributed by atoms with E-state index < -0.39 is 0 Å². The Bertz CT molecular complexity index is 1630. The van der Waals surface area contributed by atoms with Crippen LogP contribution in [0, 0.1) is 13.8 Å². The maximum Gasteiger partial charge on any atom is 0.291 e. The monoisotopic (exact) mass is 484 g/mol. The molecular weight excluding hydrogens is 460 g/mol. The molecule has 0 aliphatic rings. The van der Waals surface area contributed by atoms with Gasteiger partial charge in [0.25, 0.3) is 5.56 Å². The van der Waals surface area contributed by atoms with Crippen LogP contribution in [0.5, 0.6) is 0 Å². The molecule has 2 heterocycles. The van der Waals surface area contributed by atoms with Gasteiger partial charge in [-0.3, -0.25) is 9.59 Å². The van der Waals surface area contributed by atoms with Crippen LogP contribution in [0.1, 0.15) is 22.3 Å². The van der Waals surface area contributed by atoms with Crippen LogP contribution in [0.3, 0.4) is 0 Å². The fourth-order valence-corrected chi connectivity index (χ4v) is 4.64. The minimum Gasteiger partial charge on any atom is -0.350 e. The highest BCUT2D eigenvalue weighted by Gasteiger charge is 2.18. The number of halogens is 1. The summed E-state index contributed by atoms with van der Waals surface area (Å²) in [6.45, 7) is 4.79. The number of para-hydroxylation sites is 1. The quantitative estimate of drug-likeness (QED) is 0.369. The molecule has 0 saturated heterocycles. The Labute approximate surface area is 207 Å². The summed E-state index contributed by atoms with van der Waals surface area (Å²) in [5, 5.41) is 9.48. The second kappa shape index (κ2) is 9.39. The molecule has 0 bridgehead atoms. The van der Waals surface area contributed by atoms with E-state index in [0.717, 1.165) is 33.0 Å². The molecule has 1 amide bonds. The lowest BCUT2D eigenvalue weighted by Gasteiger charge is -2.12. The first-order valence-corrected chi connectivity index (χ1v) is 11.8. The highest BCUT2D eigenvalue weighted by molar-refractivity contribution is 6.31. The summed E-state index contributed by atoms with van der Waals surface area (Å²) < 4.78 is 3.26. The van der Waals surface area contributed by atoms with Crippen molar-refractivity contribution in [3.8, 4) is 0 Å². The fourth-order valence-electron chi connectivity index (χ4n) is 4.44. The van der Waals surface area contributed by atoms with Gasteiger partial charge in [-0.15, -0.1) is 0 Å². The molecule has 0 unspecified atom stereocenters. The summed E-state index contributed by atoms with van der Waals surface area (Å²) in [5.74, 6) is -0.309. The number of carbonyl (C=O) groups is 1. The van der Waals surface area contributed by atoms with Crippen LogP contribution in [0.25, 0.3) is 21.8 Å². The SMILES string of the molecule is Cc1ccc(C)c(Cn2c3ccccc3c3cnn(CC(=O)NCc4ccccc4Cl)c(=O)c32)c1. The summed E-state index contributed by atoms with van der Waals surface area (Å²) in [7, 11) is 0. The van der Waals surface area contributed by atoms with Crippen molar-refractivity contribution in [2.24, 2.45) is 0 Å². The third-order valence-electron chi connectivity index (χ3n) is 6.33. The van der Waals surface area contributed by atoms with Gasteiger partial charge >= 0.3 is 0 Å². The zero-order chi connectivity index (χ0) is 24.5. The highest BCUT2D eigenvalue weighted by atomic mass is 35.5. The first kappa shape index (κ1) is 22.9. The van der Waals surface area contributed by atoms with Crippen molar-refractivity contribution in [2.45, 2.75) is 33.5 Å². The second-order valence-electron chi connectivity index (χ2n) is 8.77. The lowest BCUT2D eigenvalue weighted by molar-refractivity contribution is -0.122. The van der Waals surface area contributed by atoms with Gasteiger partial charge in [0.15, 0.2) is 0 Å². The molecule has 0 fully saturated rings. The number of hydrogen-bond acceptors (Lipinski definition) is 3. The molecule has 0 aliphatic heterocycles. The van der Waals surface area contributed by atoms with Gasteiger partial charge in [-0.1, -0.05) is 71.8 Å². The fraction of sp³-hybridized carbons (Fsp3) is 0.179. The van der Waals surface area contributed by atoms with Gasteiger partial charge < -0.3 is 9.88 Å². The van der Waals surface area contributed by atoms with E-state index in [2.05, 4.69) is 42.5 Å². The molecule has 5 rings (SSSR count). The first-order chi connectivity index (χ1) is 16.9. The van der Waals surface area contributed by atoms with E-state index in [1.807, 2.05) is 47.0 Å². The topological polar surface area (TPSA) is 68.9 Å². The maximum atomic E-state index is 13.6. The number of aryl methyl sites for hydroxylation is 2. The Hall–Kier alpha value is -3.90. The summed E-state index contributed by atoms with van der Waals surface area (Å²) in [5.41, 5.74) is 5.50. The van der Waals surface area contributed by atoms with Crippen molar-refractivity contribution in [3.63, 3.8) is 0 Å². The summed E-state index contributed by atoms with van der Waals surface area (Å²) in [4.78, 5) is 26.3. The standard InChI is InChI=1S/C28H25ClN4O2/c1-18-11-12-19(2)21(13-18)16-32-25-10-6-4-8-22(25)23-15-31-33(28(35)27(23)32)17-26(34)30-14-20-7-3-5-9-24(20)29/h3-13,15H,14,16-17H2,1-2H3,(H,30,34). The third-order valence-corrected chi connectivity index (χ3v) is 6.70. The predicted octanol–water partition coefficient (Wildman–Crippen LogP) is 4.99. The molecule has 2 aromatic heterocycles.